The number of carbonyl (C=O) groups excluding carboxylic acids is 1. The second-order valence-electron chi connectivity index (χ2n) is 3.97. The second kappa shape index (κ2) is 5.22. The summed E-state index contributed by atoms with van der Waals surface area (Å²) in [6, 6.07) is 0. The van der Waals surface area contributed by atoms with Crippen LogP contribution in [0.15, 0.2) is 0 Å². The first-order chi connectivity index (χ1) is 5.94. The molecular weight excluding hydrogens is 168 g/mol. The highest BCUT2D eigenvalue weighted by Crippen LogP contribution is 2.22. The van der Waals surface area contributed by atoms with Crippen molar-refractivity contribution in [2.24, 2.45) is 5.41 Å². The predicted molar refractivity (Wildman–Crippen MR) is 51.3 cm³/mol. The Morgan fingerprint density at radius 1 is 1.54 bits per heavy atom. The summed E-state index contributed by atoms with van der Waals surface area (Å²) < 4.78 is 5.15. The predicted octanol–water partition coefficient (Wildman–Crippen LogP) is 1.74. The van der Waals surface area contributed by atoms with Crippen LogP contribution in [0.4, 0.5) is 0 Å². The van der Waals surface area contributed by atoms with Crippen LogP contribution in [0.5, 0.6) is 0 Å². The van der Waals surface area contributed by atoms with Crippen molar-refractivity contribution in [3.8, 4) is 0 Å². The SMILES string of the molecule is CCC(C)(C)C(=O)OC(C)CCO. The zero-order chi connectivity index (χ0) is 10.5. The van der Waals surface area contributed by atoms with Gasteiger partial charge in [0, 0.05) is 13.0 Å². The minimum Gasteiger partial charge on any atom is -0.462 e. The smallest absolute Gasteiger partial charge is 0.311 e. The molecule has 0 aromatic carbocycles. The van der Waals surface area contributed by atoms with E-state index in [4.69, 9.17) is 9.84 Å². The lowest BCUT2D eigenvalue weighted by atomic mass is 9.90. The Kier molecular flexibility index (Phi) is 4.99. The summed E-state index contributed by atoms with van der Waals surface area (Å²) in [5.41, 5.74) is -0.413. The molecular formula is C10H20O3. The fraction of sp³-hybridized carbons (Fsp3) is 0.900. The Labute approximate surface area is 80.1 Å². The first kappa shape index (κ1) is 12.4. The molecule has 0 aromatic heterocycles. The quantitative estimate of drug-likeness (QED) is 0.668. The van der Waals surface area contributed by atoms with E-state index < -0.39 is 5.41 Å². The molecule has 0 aromatic rings. The normalized spacial score (nSPS) is 13.9. The average Bonchev–Trinajstić information content (AvgIpc) is 2.04. The molecule has 0 fully saturated rings. The van der Waals surface area contributed by atoms with Crippen molar-refractivity contribution in [3.05, 3.63) is 0 Å². The van der Waals surface area contributed by atoms with Crippen LogP contribution in [0, 0.1) is 5.41 Å². The molecule has 0 rings (SSSR count). The van der Waals surface area contributed by atoms with Crippen LogP contribution < -0.4 is 0 Å². The van der Waals surface area contributed by atoms with Crippen LogP contribution >= 0.6 is 0 Å². The number of aliphatic hydroxyl groups is 1. The van der Waals surface area contributed by atoms with Crippen LogP contribution in [0.25, 0.3) is 0 Å². The molecule has 1 unspecified atom stereocenters. The summed E-state index contributed by atoms with van der Waals surface area (Å²) in [4.78, 5) is 11.5. The lowest BCUT2D eigenvalue weighted by molar-refractivity contribution is -0.159. The van der Waals surface area contributed by atoms with Gasteiger partial charge in [-0.15, -0.1) is 0 Å². The highest BCUT2D eigenvalue weighted by atomic mass is 16.5. The van der Waals surface area contributed by atoms with Gasteiger partial charge in [0.05, 0.1) is 5.41 Å². The average molecular weight is 188 g/mol. The van der Waals surface area contributed by atoms with Gasteiger partial charge < -0.3 is 9.84 Å². The minimum absolute atomic E-state index is 0.0565. The van der Waals surface area contributed by atoms with Gasteiger partial charge in [0.1, 0.15) is 6.10 Å². The zero-order valence-corrected chi connectivity index (χ0v) is 8.96. The molecule has 0 saturated heterocycles. The largest absolute Gasteiger partial charge is 0.462 e. The number of hydrogen-bond acceptors (Lipinski definition) is 3. The van der Waals surface area contributed by atoms with Gasteiger partial charge in [-0.2, -0.15) is 0 Å². The number of carbonyl (C=O) groups is 1. The molecule has 0 aliphatic rings. The molecule has 0 aliphatic carbocycles. The van der Waals surface area contributed by atoms with Gasteiger partial charge in [0.15, 0.2) is 0 Å². The zero-order valence-electron chi connectivity index (χ0n) is 8.96. The van der Waals surface area contributed by atoms with Crippen molar-refractivity contribution in [2.75, 3.05) is 6.61 Å². The maximum Gasteiger partial charge on any atom is 0.311 e. The molecule has 3 heteroatoms. The third kappa shape index (κ3) is 4.27. The molecule has 13 heavy (non-hydrogen) atoms. The van der Waals surface area contributed by atoms with E-state index in [2.05, 4.69) is 0 Å². The number of hydrogen-bond donors (Lipinski definition) is 1. The van der Waals surface area contributed by atoms with E-state index >= 15 is 0 Å². The van der Waals surface area contributed by atoms with Gasteiger partial charge >= 0.3 is 5.97 Å². The molecule has 0 radical (unpaired) electrons. The topological polar surface area (TPSA) is 46.5 Å². The number of esters is 1. The Balaban J connectivity index is 3.99. The van der Waals surface area contributed by atoms with Crippen LogP contribution in [-0.4, -0.2) is 23.8 Å². The number of aliphatic hydroxyl groups excluding tert-OH is 1. The Bertz CT molecular complexity index is 164. The highest BCUT2D eigenvalue weighted by molar-refractivity contribution is 5.75. The van der Waals surface area contributed by atoms with E-state index in [9.17, 15) is 4.79 Å². The van der Waals surface area contributed by atoms with Crippen molar-refractivity contribution in [1.82, 2.24) is 0 Å². The summed E-state index contributed by atoms with van der Waals surface area (Å²) in [5, 5.41) is 8.62. The third-order valence-electron chi connectivity index (χ3n) is 2.28. The van der Waals surface area contributed by atoms with E-state index in [1.54, 1.807) is 6.92 Å². The van der Waals surface area contributed by atoms with Gasteiger partial charge in [0.25, 0.3) is 0 Å². The first-order valence-corrected chi connectivity index (χ1v) is 4.76. The van der Waals surface area contributed by atoms with Crippen LogP contribution in [0.2, 0.25) is 0 Å². The van der Waals surface area contributed by atoms with Gasteiger partial charge in [-0.25, -0.2) is 0 Å². The van der Waals surface area contributed by atoms with Gasteiger partial charge in [-0.3, -0.25) is 4.79 Å². The van der Waals surface area contributed by atoms with Gasteiger partial charge in [0.2, 0.25) is 0 Å². The van der Waals surface area contributed by atoms with E-state index in [0.717, 1.165) is 6.42 Å². The molecule has 0 aliphatic heterocycles. The van der Waals surface area contributed by atoms with Gasteiger partial charge in [-0.05, 0) is 27.2 Å². The summed E-state index contributed by atoms with van der Waals surface area (Å²) in [6.07, 6.45) is 1.08. The van der Waals surface area contributed by atoms with Crippen LogP contribution in [-0.2, 0) is 9.53 Å². The molecule has 0 spiro atoms. The summed E-state index contributed by atoms with van der Waals surface area (Å²) >= 11 is 0. The van der Waals surface area contributed by atoms with Crippen molar-refractivity contribution < 1.29 is 14.6 Å². The summed E-state index contributed by atoms with van der Waals surface area (Å²) in [5.74, 6) is -0.184. The maximum atomic E-state index is 11.5. The molecule has 3 nitrogen and oxygen atoms in total. The van der Waals surface area contributed by atoms with Crippen molar-refractivity contribution in [3.63, 3.8) is 0 Å². The Hall–Kier alpha value is -0.570. The molecule has 1 N–H and O–H groups in total. The highest BCUT2D eigenvalue weighted by Gasteiger charge is 2.28. The molecule has 0 saturated carbocycles. The second-order valence-corrected chi connectivity index (χ2v) is 3.97. The molecule has 0 amide bonds. The molecule has 0 bridgehead atoms. The van der Waals surface area contributed by atoms with Crippen molar-refractivity contribution >= 4 is 5.97 Å². The lowest BCUT2D eigenvalue weighted by Crippen LogP contribution is -2.29. The fourth-order valence-electron chi connectivity index (χ4n) is 0.727. The van der Waals surface area contributed by atoms with E-state index in [-0.39, 0.29) is 18.7 Å². The van der Waals surface area contributed by atoms with Crippen molar-refractivity contribution in [2.45, 2.75) is 46.6 Å². The number of ether oxygens (including phenoxy) is 1. The van der Waals surface area contributed by atoms with Crippen LogP contribution in [0.3, 0.4) is 0 Å². The molecule has 0 heterocycles. The number of rotatable bonds is 5. The van der Waals surface area contributed by atoms with Crippen molar-refractivity contribution in [1.29, 1.82) is 0 Å². The standard InChI is InChI=1S/C10H20O3/c1-5-10(3,4)9(12)13-8(2)6-7-11/h8,11H,5-7H2,1-4H3. The minimum atomic E-state index is -0.413. The van der Waals surface area contributed by atoms with Crippen LogP contribution in [0.1, 0.15) is 40.5 Å². The maximum absolute atomic E-state index is 11.5. The Morgan fingerprint density at radius 3 is 2.46 bits per heavy atom. The summed E-state index contributed by atoms with van der Waals surface area (Å²) in [7, 11) is 0. The Morgan fingerprint density at radius 2 is 2.08 bits per heavy atom. The summed E-state index contributed by atoms with van der Waals surface area (Å²) in [6.45, 7) is 7.53. The fourth-order valence-corrected chi connectivity index (χ4v) is 0.727. The molecule has 78 valence electrons. The third-order valence-corrected chi connectivity index (χ3v) is 2.28. The van der Waals surface area contributed by atoms with E-state index in [1.807, 2.05) is 20.8 Å². The van der Waals surface area contributed by atoms with E-state index in [0.29, 0.717) is 6.42 Å². The van der Waals surface area contributed by atoms with E-state index in [1.165, 1.54) is 0 Å². The van der Waals surface area contributed by atoms with Gasteiger partial charge in [-0.1, -0.05) is 6.92 Å². The first-order valence-electron chi connectivity index (χ1n) is 4.76. The molecule has 1 atom stereocenters. The monoisotopic (exact) mass is 188 g/mol. The lowest BCUT2D eigenvalue weighted by Gasteiger charge is -2.23.